The summed E-state index contributed by atoms with van der Waals surface area (Å²) in [5.74, 6) is 0. The molecule has 1 aromatic carbocycles. The first-order valence-electron chi connectivity index (χ1n) is 6.43. The number of anilines is 2. The van der Waals surface area contributed by atoms with E-state index in [-0.39, 0.29) is 6.61 Å². The van der Waals surface area contributed by atoms with E-state index in [4.69, 9.17) is 16.1 Å². The molecule has 4 heteroatoms. The predicted molar refractivity (Wildman–Crippen MR) is 72.3 cm³/mol. The number of aliphatic hydroxyl groups excluding tert-OH is 1. The Hall–Kier alpha value is -1.73. The van der Waals surface area contributed by atoms with Crippen LogP contribution in [-0.2, 0) is 0 Å². The van der Waals surface area contributed by atoms with Gasteiger partial charge in [-0.1, -0.05) is 0 Å². The van der Waals surface area contributed by atoms with Crippen LogP contribution < -0.4 is 10.6 Å². The molecule has 1 aliphatic carbocycles. The van der Waals surface area contributed by atoms with Crippen molar-refractivity contribution >= 4 is 11.4 Å². The maximum Gasteiger partial charge on any atom is 0.101 e. The van der Waals surface area contributed by atoms with Crippen molar-refractivity contribution in [2.45, 2.75) is 31.7 Å². The minimum Gasteiger partial charge on any atom is -0.398 e. The Morgan fingerprint density at radius 1 is 1.44 bits per heavy atom. The predicted octanol–water partition coefficient (Wildman–Crippen LogP) is 1.88. The van der Waals surface area contributed by atoms with Crippen LogP contribution in [0.25, 0.3) is 0 Å². The van der Waals surface area contributed by atoms with Gasteiger partial charge in [0.25, 0.3) is 0 Å². The molecule has 0 saturated heterocycles. The maximum absolute atomic E-state index is 9.02. The highest BCUT2D eigenvalue weighted by molar-refractivity contribution is 5.63. The largest absolute Gasteiger partial charge is 0.398 e. The van der Waals surface area contributed by atoms with Crippen LogP contribution in [0.2, 0.25) is 0 Å². The number of hydrogen-bond acceptors (Lipinski definition) is 4. The van der Waals surface area contributed by atoms with Crippen molar-refractivity contribution < 1.29 is 5.11 Å². The summed E-state index contributed by atoms with van der Waals surface area (Å²) in [6.45, 7) is 1.03. The normalized spacial score (nSPS) is 14.9. The van der Waals surface area contributed by atoms with Gasteiger partial charge in [-0.2, -0.15) is 5.26 Å². The standard InChI is InChI=1S/C14H19N3O/c15-10-11-9-13(5-6-14(11)16)17(7-2-8-18)12-3-1-4-12/h5-6,9,12,18H,1-4,7-8,16H2. The van der Waals surface area contributed by atoms with Crippen LogP contribution in [0.15, 0.2) is 18.2 Å². The second-order valence-electron chi connectivity index (χ2n) is 4.74. The molecule has 96 valence electrons. The molecule has 2 rings (SSSR count). The van der Waals surface area contributed by atoms with E-state index in [0.717, 1.165) is 18.7 Å². The average Bonchev–Trinajstić information content (AvgIpc) is 2.33. The molecule has 1 aromatic rings. The minimum atomic E-state index is 0.198. The van der Waals surface area contributed by atoms with Gasteiger partial charge in [0.15, 0.2) is 0 Å². The summed E-state index contributed by atoms with van der Waals surface area (Å²) in [4.78, 5) is 2.29. The third-order valence-corrected chi connectivity index (χ3v) is 3.56. The van der Waals surface area contributed by atoms with Gasteiger partial charge < -0.3 is 15.7 Å². The molecule has 0 bridgehead atoms. The smallest absolute Gasteiger partial charge is 0.101 e. The molecule has 0 heterocycles. The van der Waals surface area contributed by atoms with Crippen molar-refractivity contribution in [3.63, 3.8) is 0 Å². The number of nitrogen functional groups attached to an aromatic ring is 1. The Morgan fingerprint density at radius 2 is 2.22 bits per heavy atom. The van der Waals surface area contributed by atoms with E-state index in [0.29, 0.717) is 17.3 Å². The van der Waals surface area contributed by atoms with Gasteiger partial charge in [-0.15, -0.1) is 0 Å². The van der Waals surface area contributed by atoms with Crippen molar-refractivity contribution in [1.82, 2.24) is 0 Å². The van der Waals surface area contributed by atoms with Gasteiger partial charge in [0.05, 0.1) is 5.56 Å². The fourth-order valence-electron chi connectivity index (χ4n) is 2.28. The first-order valence-corrected chi connectivity index (χ1v) is 6.43. The number of benzene rings is 1. The van der Waals surface area contributed by atoms with Gasteiger partial charge in [0, 0.05) is 30.6 Å². The number of hydrogen-bond donors (Lipinski definition) is 2. The number of rotatable bonds is 5. The topological polar surface area (TPSA) is 73.3 Å². The van der Waals surface area contributed by atoms with Crippen LogP contribution in [0, 0.1) is 11.3 Å². The zero-order chi connectivity index (χ0) is 13.0. The molecular formula is C14H19N3O. The van der Waals surface area contributed by atoms with Crippen molar-refractivity contribution in [2.24, 2.45) is 0 Å². The van der Waals surface area contributed by atoms with Crippen LogP contribution in [-0.4, -0.2) is 24.3 Å². The number of aliphatic hydroxyl groups is 1. The van der Waals surface area contributed by atoms with Crippen molar-refractivity contribution in [3.05, 3.63) is 23.8 Å². The molecule has 0 aromatic heterocycles. The summed E-state index contributed by atoms with van der Waals surface area (Å²) >= 11 is 0. The summed E-state index contributed by atoms with van der Waals surface area (Å²) in [6.07, 6.45) is 4.40. The molecule has 1 aliphatic rings. The molecule has 0 spiro atoms. The Kier molecular flexibility index (Phi) is 4.06. The van der Waals surface area contributed by atoms with Gasteiger partial charge in [-0.05, 0) is 43.9 Å². The lowest BCUT2D eigenvalue weighted by atomic mass is 9.90. The van der Waals surface area contributed by atoms with Crippen LogP contribution in [0.4, 0.5) is 11.4 Å². The van der Waals surface area contributed by atoms with Gasteiger partial charge in [-0.3, -0.25) is 0 Å². The Labute approximate surface area is 108 Å². The maximum atomic E-state index is 9.02. The fourth-order valence-corrected chi connectivity index (χ4v) is 2.28. The Morgan fingerprint density at radius 3 is 2.78 bits per heavy atom. The highest BCUT2D eigenvalue weighted by Crippen LogP contribution is 2.31. The van der Waals surface area contributed by atoms with Gasteiger partial charge >= 0.3 is 0 Å². The molecular weight excluding hydrogens is 226 g/mol. The Bertz CT molecular complexity index is 449. The highest BCUT2D eigenvalue weighted by Gasteiger charge is 2.25. The lowest BCUT2D eigenvalue weighted by Gasteiger charge is -2.39. The van der Waals surface area contributed by atoms with Gasteiger partial charge in [0.1, 0.15) is 6.07 Å². The van der Waals surface area contributed by atoms with Crippen molar-refractivity contribution in [3.8, 4) is 6.07 Å². The van der Waals surface area contributed by atoms with Crippen LogP contribution >= 0.6 is 0 Å². The van der Waals surface area contributed by atoms with E-state index in [9.17, 15) is 0 Å². The third-order valence-electron chi connectivity index (χ3n) is 3.56. The number of nitrogens with zero attached hydrogens (tertiary/aromatic N) is 2. The SMILES string of the molecule is N#Cc1cc(N(CCCO)C2CCC2)ccc1N. The molecule has 0 amide bonds. The van der Waals surface area contributed by atoms with Crippen LogP contribution in [0.3, 0.4) is 0 Å². The van der Waals surface area contributed by atoms with E-state index in [1.807, 2.05) is 12.1 Å². The molecule has 1 saturated carbocycles. The molecule has 3 N–H and O–H groups in total. The Balaban J connectivity index is 2.21. The van der Waals surface area contributed by atoms with E-state index < -0.39 is 0 Å². The highest BCUT2D eigenvalue weighted by atomic mass is 16.3. The molecule has 0 unspecified atom stereocenters. The number of nitrogens with two attached hydrogens (primary N) is 1. The van der Waals surface area contributed by atoms with Crippen LogP contribution in [0.5, 0.6) is 0 Å². The van der Waals surface area contributed by atoms with Gasteiger partial charge in [0.2, 0.25) is 0 Å². The summed E-state index contributed by atoms with van der Waals surface area (Å²) in [6, 6.07) is 8.27. The molecule has 0 atom stereocenters. The zero-order valence-corrected chi connectivity index (χ0v) is 10.5. The summed E-state index contributed by atoms with van der Waals surface area (Å²) < 4.78 is 0. The molecule has 0 radical (unpaired) electrons. The molecule has 1 fully saturated rings. The second kappa shape index (κ2) is 5.74. The van der Waals surface area contributed by atoms with Crippen LogP contribution in [0.1, 0.15) is 31.2 Å². The molecule has 4 nitrogen and oxygen atoms in total. The minimum absolute atomic E-state index is 0.198. The van der Waals surface area contributed by atoms with E-state index in [1.54, 1.807) is 6.07 Å². The zero-order valence-electron chi connectivity index (χ0n) is 10.5. The fraction of sp³-hybridized carbons (Fsp3) is 0.500. The third kappa shape index (κ3) is 2.57. The summed E-state index contributed by atoms with van der Waals surface area (Å²) in [5.41, 5.74) is 7.84. The lowest BCUT2D eigenvalue weighted by Crippen LogP contribution is -2.41. The summed E-state index contributed by atoms with van der Waals surface area (Å²) in [7, 11) is 0. The number of nitriles is 1. The quantitative estimate of drug-likeness (QED) is 0.777. The molecule has 18 heavy (non-hydrogen) atoms. The monoisotopic (exact) mass is 245 g/mol. The van der Waals surface area contributed by atoms with Crippen molar-refractivity contribution in [1.29, 1.82) is 5.26 Å². The van der Waals surface area contributed by atoms with E-state index >= 15 is 0 Å². The second-order valence-corrected chi connectivity index (χ2v) is 4.74. The van der Waals surface area contributed by atoms with Gasteiger partial charge in [-0.25, -0.2) is 0 Å². The first kappa shape index (κ1) is 12.7. The first-order chi connectivity index (χ1) is 8.76. The average molecular weight is 245 g/mol. The lowest BCUT2D eigenvalue weighted by molar-refractivity contribution is 0.283. The molecule has 0 aliphatic heterocycles. The summed E-state index contributed by atoms with van der Waals surface area (Å²) in [5, 5.41) is 18.0. The van der Waals surface area contributed by atoms with E-state index in [1.165, 1.54) is 19.3 Å². The van der Waals surface area contributed by atoms with Crippen molar-refractivity contribution in [2.75, 3.05) is 23.8 Å². The van der Waals surface area contributed by atoms with E-state index in [2.05, 4.69) is 11.0 Å².